The third-order valence-electron chi connectivity index (χ3n) is 3.73. The molecule has 1 aliphatic heterocycles. The van der Waals surface area contributed by atoms with Crippen LogP contribution in [0.2, 0.25) is 0 Å². The first-order valence-electron chi connectivity index (χ1n) is 7.01. The standard InChI is InChI=1S/C15H21F2NO2/c1-11(10-18-8-2-3-9-18)14(19)12-4-6-13(7-5-12)20-15(16)17/h4-7,11,14-15,19H,2-3,8-10H2,1H3/t11-,14+/m1/s1. The molecule has 0 aromatic heterocycles. The van der Waals surface area contributed by atoms with Gasteiger partial charge in [0.15, 0.2) is 0 Å². The van der Waals surface area contributed by atoms with Gasteiger partial charge in [0.25, 0.3) is 0 Å². The van der Waals surface area contributed by atoms with Gasteiger partial charge < -0.3 is 14.7 Å². The van der Waals surface area contributed by atoms with Gasteiger partial charge in [0, 0.05) is 6.54 Å². The molecule has 0 saturated carbocycles. The van der Waals surface area contributed by atoms with Crippen molar-refractivity contribution < 1.29 is 18.6 Å². The maximum absolute atomic E-state index is 12.1. The molecule has 20 heavy (non-hydrogen) atoms. The Hall–Kier alpha value is -1.20. The largest absolute Gasteiger partial charge is 0.435 e. The van der Waals surface area contributed by atoms with E-state index in [0.717, 1.165) is 25.2 Å². The predicted octanol–water partition coefficient (Wildman–Crippen LogP) is 3.05. The van der Waals surface area contributed by atoms with Gasteiger partial charge in [0.05, 0.1) is 6.10 Å². The first kappa shape index (κ1) is 15.2. The van der Waals surface area contributed by atoms with E-state index in [0.29, 0.717) is 0 Å². The summed E-state index contributed by atoms with van der Waals surface area (Å²) in [5.74, 6) is 0.220. The van der Waals surface area contributed by atoms with E-state index in [1.807, 2.05) is 6.92 Å². The number of rotatable bonds is 6. The molecule has 0 spiro atoms. The monoisotopic (exact) mass is 285 g/mol. The fraction of sp³-hybridized carbons (Fsp3) is 0.600. The number of hydrogen-bond donors (Lipinski definition) is 1. The molecule has 112 valence electrons. The van der Waals surface area contributed by atoms with Crippen LogP contribution in [0, 0.1) is 5.92 Å². The average Bonchev–Trinajstić information content (AvgIpc) is 2.91. The fourth-order valence-corrected chi connectivity index (χ4v) is 2.65. The van der Waals surface area contributed by atoms with Gasteiger partial charge in [-0.15, -0.1) is 0 Å². The van der Waals surface area contributed by atoms with Crippen molar-refractivity contribution in [3.8, 4) is 5.75 Å². The maximum Gasteiger partial charge on any atom is 0.387 e. The molecule has 2 rings (SSSR count). The van der Waals surface area contributed by atoms with Gasteiger partial charge in [-0.05, 0) is 49.5 Å². The Kier molecular flexibility index (Phi) is 5.31. The summed E-state index contributed by atoms with van der Waals surface area (Å²) in [4.78, 5) is 2.35. The predicted molar refractivity (Wildman–Crippen MR) is 72.9 cm³/mol. The molecule has 1 N–H and O–H groups in total. The third-order valence-corrected chi connectivity index (χ3v) is 3.73. The normalized spacial score (nSPS) is 19.2. The Labute approximate surface area is 118 Å². The molecule has 0 unspecified atom stereocenters. The maximum atomic E-state index is 12.1. The molecule has 0 bridgehead atoms. The summed E-state index contributed by atoms with van der Waals surface area (Å²) in [6.45, 7) is 2.24. The van der Waals surface area contributed by atoms with Crippen molar-refractivity contribution in [3.05, 3.63) is 29.8 Å². The highest BCUT2D eigenvalue weighted by Crippen LogP contribution is 2.26. The number of nitrogens with zero attached hydrogens (tertiary/aromatic N) is 1. The van der Waals surface area contributed by atoms with Crippen molar-refractivity contribution in [2.75, 3.05) is 19.6 Å². The topological polar surface area (TPSA) is 32.7 Å². The van der Waals surface area contributed by atoms with Crippen LogP contribution in [0.1, 0.15) is 31.4 Å². The molecule has 1 fully saturated rings. The van der Waals surface area contributed by atoms with E-state index >= 15 is 0 Å². The summed E-state index contributed by atoms with van der Waals surface area (Å²) >= 11 is 0. The van der Waals surface area contributed by atoms with E-state index in [-0.39, 0.29) is 11.7 Å². The van der Waals surface area contributed by atoms with Crippen LogP contribution in [-0.4, -0.2) is 36.3 Å². The number of halogens is 2. The van der Waals surface area contributed by atoms with E-state index in [1.165, 1.54) is 25.0 Å². The molecule has 1 heterocycles. The van der Waals surface area contributed by atoms with Crippen molar-refractivity contribution in [2.45, 2.75) is 32.5 Å². The van der Waals surface area contributed by atoms with Gasteiger partial charge in [-0.25, -0.2) is 0 Å². The Balaban J connectivity index is 1.91. The number of hydrogen-bond acceptors (Lipinski definition) is 3. The molecule has 2 atom stereocenters. The number of benzene rings is 1. The SMILES string of the molecule is C[C@H](CN1CCCC1)[C@H](O)c1ccc(OC(F)F)cc1. The Morgan fingerprint density at radius 3 is 2.35 bits per heavy atom. The van der Waals surface area contributed by atoms with Crippen LogP contribution in [0.25, 0.3) is 0 Å². The highest BCUT2D eigenvalue weighted by Gasteiger charge is 2.21. The smallest absolute Gasteiger partial charge is 0.387 e. The molecule has 3 nitrogen and oxygen atoms in total. The first-order valence-corrected chi connectivity index (χ1v) is 7.01. The second-order valence-corrected chi connectivity index (χ2v) is 5.38. The van der Waals surface area contributed by atoms with Crippen LogP contribution in [0.15, 0.2) is 24.3 Å². The Morgan fingerprint density at radius 1 is 1.20 bits per heavy atom. The van der Waals surface area contributed by atoms with Gasteiger partial charge in [-0.2, -0.15) is 8.78 Å². The first-order chi connectivity index (χ1) is 9.56. The summed E-state index contributed by atoms with van der Waals surface area (Å²) in [5.41, 5.74) is 0.735. The van der Waals surface area contributed by atoms with Gasteiger partial charge in [0.1, 0.15) is 5.75 Å². The molecule has 0 radical (unpaired) electrons. The van der Waals surface area contributed by atoms with E-state index in [2.05, 4.69) is 9.64 Å². The van der Waals surface area contributed by atoms with E-state index in [1.54, 1.807) is 12.1 Å². The van der Waals surface area contributed by atoms with Crippen LogP contribution < -0.4 is 4.74 Å². The van der Waals surface area contributed by atoms with Crippen LogP contribution >= 0.6 is 0 Å². The quantitative estimate of drug-likeness (QED) is 0.872. The lowest BCUT2D eigenvalue weighted by Gasteiger charge is -2.24. The lowest BCUT2D eigenvalue weighted by Crippen LogP contribution is -2.28. The zero-order valence-corrected chi connectivity index (χ0v) is 11.6. The second-order valence-electron chi connectivity index (χ2n) is 5.38. The Bertz CT molecular complexity index is 405. The number of likely N-dealkylation sites (tertiary alicyclic amines) is 1. The number of aliphatic hydroxyl groups excluding tert-OH is 1. The number of ether oxygens (including phenoxy) is 1. The molecule has 1 aliphatic rings. The molecule has 1 saturated heterocycles. The lowest BCUT2D eigenvalue weighted by molar-refractivity contribution is -0.0498. The van der Waals surface area contributed by atoms with E-state index in [9.17, 15) is 13.9 Å². The molecule has 1 aromatic rings. The summed E-state index contributed by atoms with van der Waals surface area (Å²) < 4.78 is 28.4. The van der Waals surface area contributed by atoms with Crippen LogP contribution in [0.4, 0.5) is 8.78 Å². The Morgan fingerprint density at radius 2 is 1.80 bits per heavy atom. The highest BCUT2D eigenvalue weighted by molar-refractivity contribution is 5.28. The van der Waals surface area contributed by atoms with Crippen molar-refractivity contribution in [1.29, 1.82) is 0 Å². The van der Waals surface area contributed by atoms with E-state index < -0.39 is 12.7 Å². The number of alkyl halides is 2. The van der Waals surface area contributed by atoms with Crippen molar-refractivity contribution >= 4 is 0 Å². The van der Waals surface area contributed by atoms with Crippen molar-refractivity contribution in [2.24, 2.45) is 5.92 Å². The zero-order valence-electron chi connectivity index (χ0n) is 11.6. The molecule has 5 heteroatoms. The summed E-state index contributed by atoms with van der Waals surface area (Å²) in [6.07, 6.45) is 1.86. The third kappa shape index (κ3) is 4.15. The van der Waals surface area contributed by atoms with Crippen LogP contribution in [-0.2, 0) is 0 Å². The zero-order chi connectivity index (χ0) is 14.5. The molecule has 0 aliphatic carbocycles. The molecule has 1 aromatic carbocycles. The summed E-state index contributed by atoms with van der Waals surface area (Å²) in [6, 6.07) is 6.21. The van der Waals surface area contributed by atoms with Crippen LogP contribution in [0.3, 0.4) is 0 Å². The summed E-state index contributed by atoms with van der Waals surface area (Å²) in [7, 11) is 0. The number of aliphatic hydroxyl groups is 1. The molecule has 0 amide bonds. The molecular weight excluding hydrogens is 264 g/mol. The van der Waals surface area contributed by atoms with Gasteiger partial charge in [-0.1, -0.05) is 19.1 Å². The minimum absolute atomic E-state index is 0.106. The molecular formula is C15H21F2NO2. The van der Waals surface area contributed by atoms with E-state index in [4.69, 9.17) is 0 Å². The second kappa shape index (κ2) is 6.99. The highest BCUT2D eigenvalue weighted by atomic mass is 19.3. The fourth-order valence-electron chi connectivity index (χ4n) is 2.65. The lowest BCUT2D eigenvalue weighted by atomic mass is 9.97. The van der Waals surface area contributed by atoms with Gasteiger partial charge >= 0.3 is 6.61 Å². The minimum atomic E-state index is -2.82. The minimum Gasteiger partial charge on any atom is -0.435 e. The van der Waals surface area contributed by atoms with Gasteiger partial charge in [0.2, 0.25) is 0 Å². The average molecular weight is 285 g/mol. The van der Waals surface area contributed by atoms with Gasteiger partial charge in [-0.3, -0.25) is 0 Å². The van der Waals surface area contributed by atoms with Crippen molar-refractivity contribution in [1.82, 2.24) is 4.90 Å². The van der Waals surface area contributed by atoms with Crippen molar-refractivity contribution in [3.63, 3.8) is 0 Å². The van der Waals surface area contributed by atoms with Crippen LogP contribution in [0.5, 0.6) is 5.75 Å². The summed E-state index contributed by atoms with van der Waals surface area (Å²) in [5, 5.41) is 10.3.